The summed E-state index contributed by atoms with van der Waals surface area (Å²) in [5, 5.41) is 20.9. The van der Waals surface area contributed by atoms with E-state index in [-0.39, 0.29) is 5.69 Å². The number of aldehydes is 1. The van der Waals surface area contributed by atoms with Crippen LogP contribution in [0.25, 0.3) is 0 Å². The Morgan fingerprint density at radius 2 is 1.71 bits per heavy atom. The molecule has 2 rings (SSSR count). The van der Waals surface area contributed by atoms with Crippen LogP contribution in [-0.2, 0) is 11.2 Å². The predicted molar refractivity (Wildman–Crippen MR) is 77.8 cm³/mol. The van der Waals surface area contributed by atoms with Crippen molar-refractivity contribution in [3.8, 4) is 0 Å². The van der Waals surface area contributed by atoms with Crippen molar-refractivity contribution in [3.05, 3.63) is 75.8 Å². The molecule has 2 aromatic carbocycles. The topological polar surface area (TPSA) is 80.4 Å². The van der Waals surface area contributed by atoms with Crippen LogP contribution in [-0.4, -0.2) is 16.3 Å². The maximum Gasteiger partial charge on any atom is 0.269 e. The van der Waals surface area contributed by atoms with Crippen molar-refractivity contribution in [2.45, 2.75) is 12.5 Å². The summed E-state index contributed by atoms with van der Waals surface area (Å²) < 4.78 is 0. The van der Waals surface area contributed by atoms with Gasteiger partial charge in [-0.3, -0.25) is 10.1 Å². The van der Waals surface area contributed by atoms with Crippen molar-refractivity contribution in [2.75, 3.05) is 0 Å². The standard InChI is InChI=1S/C16H15NO4/c18-11-14(10-12-4-2-1-3-5-12)16(19)13-6-8-15(9-7-13)17(20)21/h1-9,11,14,16,19H,10H2/t14-,16-/m0/s1. The van der Waals surface area contributed by atoms with E-state index in [0.29, 0.717) is 12.0 Å². The van der Waals surface area contributed by atoms with Crippen LogP contribution in [0.1, 0.15) is 17.2 Å². The first-order chi connectivity index (χ1) is 10.1. The van der Waals surface area contributed by atoms with Crippen molar-refractivity contribution in [1.29, 1.82) is 0 Å². The van der Waals surface area contributed by atoms with Crippen molar-refractivity contribution in [1.82, 2.24) is 0 Å². The number of rotatable bonds is 6. The Morgan fingerprint density at radius 1 is 1.10 bits per heavy atom. The molecule has 5 heteroatoms. The highest BCUT2D eigenvalue weighted by molar-refractivity contribution is 5.56. The highest BCUT2D eigenvalue weighted by atomic mass is 16.6. The molecule has 0 radical (unpaired) electrons. The van der Waals surface area contributed by atoms with E-state index in [0.717, 1.165) is 11.8 Å². The van der Waals surface area contributed by atoms with Gasteiger partial charge in [0.05, 0.1) is 11.0 Å². The van der Waals surface area contributed by atoms with Gasteiger partial charge in [0.25, 0.3) is 5.69 Å². The molecule has 2 aromatic rings. The Kier molecular flexibility index (Phi) is 4.79. The van der Waals surface area contributed by atoms with Gasteiger partial charge in [-0.05, 0) is 29.7 Å². The second kappa shape index (κ2) is 6.76. The minimum atomic E-state index is -0.983. The minimum absolute atomic E-state index is 0.0448. The lowest BCUT2D eigenvalue weighted by Gasteiger charge is -2.18. The van der Waals surface area contributed by atoms with E-state index in [1.165, 1.54) is 24.3 Å². The van der Waals surface area contributed by atoms with Gasteiger partial charge in [-0.15, -0.1) is 0 Å². The van der Waals surface area contributed by atoms with E-state index in [4.69, 9.17) is 0 Å². The minimum Gasteiger partial charge on any atom is -0.388 e. The number of non-ortho nitro benzene ring substituents is 1. The Bertz CT molecular complexity index is 610. The van der Waals surface area contributed by atoms with Crippen LogP contribution in [0.3, 0.4) is 0 Å². The third-order valence-corrected chi connectivity index (χ3v) is 3.34. The number of nitro groups is 1. The molecule has 0 aliphatic carbocycles. The van der Waals surface area contributed by atoms with Gasteiger partial charge >= 0.3 is 0 Å². The van der Waals surface area contributed by atoms with Gasteiger partial charge < -0.3 is 9.90 Å². The third kappa shape index (κ3) is 3.73. The first kappa shape index (κ1) is 14.9. The van der Waals surface area contributed by atoms with Gasteiger partial charge in [0.1, 0.15) is 6.29 Å². The summed E-state index contributed by atoms with van der Waals surface area (Å²) in [7, 11) is 0. The molecule has 0 aliphatic heterocycles. The molecular formula is C16H15NO4. The molecular weight excluding hydrogens is 270 g/mol. The first-order valence-electron chi connectivity index (χ1n) is 6.53. The van der Waals surface area contributed by atoms with Crippen LogP contribution >= 0.6 is 0 Å². The van der Waals surface area contributed by atoms with Crippen LogP contribution in [0.2, 0.25) is 0 Å². The zero-order valence-corrected chi connectivity index (χ0v) is 11.3. The Morgan fingerprint density at radius 3 is 2.24 bits per heavy atom. The molecule has 0 saturated heterocycles. The summed E-state index contributed by atoms with van der Waals surface area (Å²) in [6.07, 6.45) is 0.158. The van der Waals surface area contributed by atoms with Crippen LogP contribution < -0.4 is 0 Å². The van der Waals surface area contributed by atoms with Crippen molar-refractivity contribution in [2.24, 2.45) is 5.92 Å². The molecule has 0 heterocycles. The molecule has 0 saturated carbocycles. The molecule has 5 nitrogen and oxygen atoms in total. The highest BCUT2D eigenvalue weighted by Gasteiger charge is 2.21. The lowest BCUT2D eigenvalue weighted by molar-refractivity contribution is -0.384. The number of hydrogen-bond donors (Lipinski definition) is 1. The van der Waals surface area contributed by atoms with Gasteiger partial charge in [-0.25, -0.2) is 0 Å². The lowest BCUT2D eigenvalue weighted by atomic mass is 9.91. The van der Waals surface area contributed by atoms with E-state index < -0.39 is 16.9 Å². The van der Waals surface area contributed by atoms with Crippen LogP contribution in [0.4, 0.5) is 5.69 Å². The molecule has 21 heavy (non-hydrogen) atoms. The average Bonchev–Trinajstić information content (AvgIpc) is 2.53. The second-order valence-corrected chi connectivity index (χ2v) is 4.78. The van der Waals surface area contributed by atoms with E-state index in [1.54, 1.807) is 0 Å². The van der Waals surface area contributed by atoms with Crippen LogP contribution in [0.15, 0.2) is 54.6 Å². The molecule has 0 unspecified atom stereocenters. The number of nitrogens with zero attached hydrogens (tertiary/aromatic N) is 1. The van der Waals surface area contributed by atoms with Crippen LogP contribution in [0.5, 0.6) is 0 Å². The lowest BCUT2D eigenvalue weighted by Crippen LogP contribution is -2.16. The maximum atomic E-state index is 11.2. The largest absolute Gasteiger partial charge is 0.388 e. The summed E-state index contributed by atoms with van der Waals surface area (Å²) in [4.78, 5) is 21.3. The number of nitro benzene ring substituents is 1. The molecule has 0 amide bonds. The Labute approximate surface area is 122 Å². The number of carbonyl (C=O) groups excluding carboxylic acids is 1. The van der Waals surface area contributed by atoms with Gasteiger partial charge in [-0.1, -0.05) is 30.3 Å². The number of aliphatic hydroxyl groups excluding tert-OH is 1. The zero-order chi connectivity index (χ0) is 15.2. The number of aliphatic hydroxyl groups is 1. The first-order valence-corrected chi connectivity index (χ1v) is 6.53. The third-order valence-electron chi connectivity index (χ3n) is 3.34. The molecule has 108 valence electrons. The summed E-state index contributed by atoms with van der Waals surface area (Å²) in [5.74, 6) is -0.589. The molecule has 1 N–H and O–H groups in total. The molecule has 0 aromatic heterocycles. The smallest absolute Gasteiger partial charge is 0.269 e. The number of hydrogen-bond acceptors (Lipinski definition) is 4. The van der Waals surface area contributed by atoms with E-state index in [9.17, 15) is 20.0 Å². The molecule has 0 aliphatic rings. The van der Waals surface area contributed by atoms with Crippen molar-refractivity contribution in [3.63, 3.8) is 0 Å². The Hall–Kier alpha value is -2.53. The van der Waals surface area contributed by atoms with E-state index >= 15 is 0 Å². The highest BCUT2D eigenvalue weighted by Crippen LogP contribution is 2.25. The van der Waals surface area contributed by atoms with Crippen LogP contribution in [0, 0.1) is 16.0 Å². The summed E-state index contributed by atoms with van der Waals surface area (Å²) in [6.45, 7) is 0. The van der Waals surface area contributed by atoms with Gasteiger partial charge in [-0.2, -0.15) is 0 Å². The van der Waals surface area contributed by atoms with E-state index in [1.807, 2.05) is 30.3 Å². The maximum absolute atomic E-state index is 11.2. The van der Waals surface area contributed by atoms with E-state index in [2.05, 4.69) is 0 Å². The fourth-order valence-corrected chi connectivity index (χ4v) is 2.16. The summed E-state index contributed by atoms with van der Waals surface area (Å²) in [5.41, 5.74) is 1.40. The predicted octanol–water partition coefficient (Wildman–Crippen LogP) is 2.69. The number of carbonyl (C=O) groups is 1. The normalized spacial score (nSPS) is 13.4. The average molecular weight is 285 g/mol. The fraction of sp³-hybridized carbons (Fsp3) is 0.188. The quantitative estimate of drug-likeness (QED) is 0.502. The molecule has 0 bridgehead atoms. The Balaban J connectivity index is 2.14. The van der Waals surface area contributed by atoms with Crippen molar-refractivity contribution < 1.29 is 14.8 Å². The fourth-order valence-electron chi connectivity index (χ4n) is 2.16. The monoisotopic (exact) mass is 285 g/mol. The SMILES string of the molecule is O=C[C@H](Cc1ccccc1)[C@@H](O)c1ccc([N+](=O)[O-])cc1. The summed E-state index contributed by atoms with van der Waals surface area (Å²) >= 11 is 0. The number of benzene rings is 2. The zero-order valence-electron chi connectivity index (χ0n) is 11.3. The van der Waals surface area contributed by atoms with Gasteiger partial charge in [0, 0.05) is 18.1 Å². The van der Waals surface area contributed by atoms with Gasteiger partial charge in [0.15, 0.2) is 0 Å². The molecule has 2 atom stereocenters. The molecule has 0 fully saturated rings. The van der Waals surface area contributed by atoms with Gasteiger partial charge in [0.2, 0.25) is 0 Å². The van der Waals surface area contributed by atoms with Crippen molar-refractivity contribution >= 4 is 12.0 Å². The molecule has 0 spiro atoms. The summed E-state index contributed by atoms with van der Waals surface area (Å²) in [6, 6.07) is 15.0. The second-order valence-electron chi connectivity index (χ2n) is 4.78.